The van der Waals surface area contributed by atoms with E-state index >= 15 is 0 Å². The van der Waals surface area contributed by atoms with E-state index in [4.69, 9.17) is 11.6 Å². The molecule has 154 valence electrons. The van der Waals surface area contributed by atoms with Gasteiger partial charge in [-0.2, -0.15) is 0 Å². The van der Waals surface area contributed by atoms with Gasteiger partial charge >= 0.3 is 0 Å². The van der Waals surface area contributed by atoms with Crippen LogP contribution in [0.2, 0.25) is 5.02 Å². The molecule has 1 heterocycles. The highest BCUT2D eigenvalue weighted by molar-refractivity contribution is 6.31. The summed E-state index contributed by atoms with van der Waals surface area (Å²) in [6.45, 7) is 0. The second-order valence-electron chi connectivity index (χ2n) is 7.94. The molecule has 5 rings (SSSR count). The quantitative estimate of drug-likeness (QED) is 0.228. The minimum atomic E-state index is -0.397. The molecule has 3 aromatic rings. The van der Waals surface area contributed by atoms with E-state index in [9.17, 15) is 14.9 Å². The van der Waals surface area contributed by atoms with Crippen LogP contribution in [0, 0.1) is 16.0 Å². The number of hydrogen-bond acceptors (Lipinski definition) is 4. The molecule has 0 radical (unpaired) electrons. The Morgan fingerprint density at radius 1 is 1.06 bits per heavy atom. The highest BCUT2D eigenvalue weighted by Gasteiger charge is 2.39. The number of halogens is 1. The molecular weight excluding hydrogens is 412 g/mol. The lowest BCUT2D eigenvalue weighted by Crippen LogP contribution is -2.30. The van der Waals surface area contributed by atoms with E-state index in [1.165, 1.54) is 12.1 Å². The first-order chi connectivity index (χ1) is 15.0. The van der Waals surface area contributed by atoms with Crippen molar-refractivity contribution >= 4 is 28.8 Å². The molecular formula is C25H19ClN2O3. The number of ketones is 1. The smallest absolute Gasteiger partial charge is 0.269 e. The van der Waals surface area contributed by atoms with Crippen molar-refractivity contribution in [3.05, 3.63) is 116 Å². The number of fused-ring (bicyclic) bond motifs is 3. The Morgan fingerprint density at radius 2 is 1.81 bits per heavy atom. The van der Waals surface area contributed by atoms with Crippen LogP contribution in [0.4, 0.5) is 11.4 Å². The molecule has 5 nitrogen and oxygen atoms in total. The fraction of sp³-hybridized carbons (Fsp3) is 0.160. The van der Waals surface area contributed by atoms with E-state index in [2.05, 4.69) is 17.5 Å². The van der Waals surface area contributed by atoms with Crippen molar-refractivity contribution in [2.75, 3.05) is 5.32 Å². The summed E-state index contributed by atoms with van der Waals surface area (Å²) in [6, 6.07) is 19.4. The molecule has 0 bridgehead atoms. The summed E-state index contributed by atoms with van der Waals surface area (Å²) >= 11 is 6.44. The molecule has 0 amide bonds. The highest BCUT2D eigenvalue weighted by Crippen LogP contribution is 2.51. The van der Waals surface area contributed by atoms with Crippen molar-refractivity contribution < 1.29 is 9.72 Å². The molecule has 3 aromatic carbocycles. The molecule has 1 aliphatic heterocycles. The van der Waals surface area contributed by atoms with Gasteiger partial charge in [0.15, 0.2) is 5.78 Å². The van der Waals surface area contributed by atoms with Gasteiger partial charge in [-0.25, -0.2) is 0 Å². The lowest BCUT2D eigenvalue weighted by molar-refractivity contribution is -0.384. The number of nitrogens with zero attached hydrogens (tertiary/aromatic N) is 1. The average molecular weight is 431 g/mol. The molecule has 0 aromatic heterocycles. The Kier molecular flexibility index (Phi) is 4.83. The molecule has 6 heteroatoms. The van der Waals surface area contributed by atoms with Crippen molar-refractivity contribution in [2.24, 2.45) is 5.92 Å². The minimum Gasteiger partial charge on any atom is -0.377 e. The number of nitrogens with one attached hydrogen (secondary N) is 1. The first-order valence-electron chi connectivity index (χ1n) is 10.1. The molecule has 0 saturated heterocycles. The maximum absolute atomic E-state index is 13.3. The normalized spacial score (nSPS) is 21.1. The number of carbonyl (C=O) groups is 1. The molecule has 0 saturated carbocycles. The lowest BCUT2D eigenvalue weighted by Gasteiger charge is -2.38. The van der Waals surface area contributed by atoms with Gasteiger partial charge in [0.05, 0.1) is 11.0 Å². The number of allylic oxidation sites excluding steroid dienone is 2. The van der Waals surface area contributed by atoms with Crippen LogP contribution in [0.1, 0.15) is 45.4 Å². The van der Waals surface area contributed by atoms with Crippen LogP contribution in [-0.4, -0.2) is 10.7 Å². The molecule has 1 aliphatic carbocycles. The van der Waals surface area contributed by atoms with Crippen LogP contribution < -0.4 is 5.32 Å². The molecule has 0 fully saturated rings. The van der Waals surface area contributed by atoms with E-state index in [0.717, 1.165) is 23.2 Å². The van der Waals surface area contributed by atoms with Crippen LogP contribution in [0.15, 0.2) is 78.9 Å². The number of hydrogen-bond donors (Lipinski definition) is 1. The molecule has 2 aliphatic rings. The molecule has 0 unspecified atom stereocenters. The largest absolute Gasteiger partial charge is 0.377 e. The van der Waals surface area contributed by atoms with Gasteiger partial charge in [0, 0.05) is 39.9 Å². The predicted molar refractivity (Wildman–Crippen MR) is 121 cm³/mol. The molecule has 1 N–H and O–H groups in total. The maximum Gasteiger partial charge on any atom is 0.269 e. The van der Waals surface area contributed by atoms with Crippen molar-refractivity contribution in [2.45, 2.75) is 18.4 Å². The Morgan fingerprint density at radius 3 is 2.52 bits per heavy atom. The second kappa shape index (κ2) is 7.67. The zero-order chi connectivity index (χ0) is 21.5. The lowest BCUT2D eigenvalue weighted by atomic mass is 9.76. The van der Waals surface area contributed by atoms with Gasteiger partial charge in [-0.15, -0.1) is 0 Å². The van der Waals surface area contributed by atoms with Crippen LogP contribution in [0.5, 0.6) is 0 Å². The number of anilines is 1. The second-order valence-corrected chi connectivity index (χ2v) is 8.37. The fourth-order valence-electron chi connectivity index (χ4n) is 4.72. The first kappa shape index (κ1) is 19.5. The summed E-state index contributed by atoms with van der Waals surface area (Å²) in [5.41, 5.74) is 3.97. The topological polar surface area (TPSA) is 72.2 Å². The summed E-state index contributed by atoms with van der Waals surface area (Å²) in [5, 5.41) is 15.2. The average Bonchev–Trinajstić information content (AvgIpc) is 3.29. The van der Waals surface area contributed by atoms with Crippen molar-refractivity contribution in [1.82, 2.24) is 0 Å². The standard InChI is InChI=1S/C25H19ClN2O3/c26-17-13-21-19-7-4-8-20(19)23(15-9-11-18(12-10-15)28(30)31)27-24(21)22(14-17)25(29)16-5-2-1-3-6-16/h1-7,9-14,19-20,23,27H,8H2/t19-,20-,23+/m0/s1. The van der Waals surface area contributed by atoms with Gasteiger partial charge in [0.2, 0.25) is 0 Å². The third-order valence-electron chi connectivity index (χ3n) is 6.18. The summed E-state index contributed by atoms with van der Waals surface area (Å²) in [5.74, 6) is 0.277. The van der Waals surface area contributed by atoms with Crippen LogP contribution in [0.25, 0.3) is 0 Å². The zero-order valence-corrected chi connectivity index (χ0v) is 17.3. The van der Waals surface area contributed by atoms with Crippen LogP contribution >= 0.6 is 11.6 Å². The van der Waals surface area contributed by atoms with E-state index in [0.29, 0.717) is 16.1 Å². The van der Waals surface area contributed by atoms with Gasteiger partial charge in [0.25, 0.3) is 5.69 Å². The van der Waals surface area contributed by atoms with Crippen LogP contribution in [-0.2, 0) is 0 Å². The third-order valence-corrected chi connectivity index (χ3v) is 6.40. The highest BCUT2D eigenvalue weighted by atomic mass is 35.5. The van der Waals surface area contributed by atoms with Gasteiger partial charge < -0.3 is 5.32 Å². The van der Waals surface area contributed by atoms with Crippen molar-refractivity contribution in [3.8, 4) is 0 Å². The minimum absolute atomic E-state index is 0.0628. The predicted octanol–water partition coefficient (Wildman–Crippen LogP) is 6.31. The number of carbonyl (C=O) groups excluding carboxylic acids is 1. The summed E-state index contributed by atoms with van der Waals surface area (Å²) in [4.78, 5) is 24.0. The summed E-state index contributed by atoms with van der Waals surface area (Å²) in [6.07, 6.45) is 5.22. The van der Waals surface area contributed by atoms with Crippen molar-refractivity contribution in [3.63, 3.8) is 0 Å². The maximum atomic E-state index is 13.3. The molecule has 31 heavy (non-hydrogen) atoms. The SMILES string of the molecule is O=C(c1ccccc1)c1cc(Cl)cc2c1N[C@H](c1ccc([N+](=O)[O-])cc1)[C@H]1CC=C[C@H]21. The summed E-state index contributed by atoms with van der Waals surface area (Å²) < 4.78 is 0. The van der Waals surface area contributed by atoms with E-state index < -0.39 is 4.92 Å². The summed E-state index contributed by atoms with van der Waals surface area (Å²) in [7, 11) is 0. The fourth-order valence-corrected chi connectivity index (χ4v) is 4.95. The zero-order valence-electron chi connectivity index (χ0n) is 16.5. The third kappa shape index (κ3) is 3.41. The number of nitro groups is 1. The van der Waals surface area contributed by atoms with E-state index in [1.807, 2.05) is 24.3 Å². The number of non-ortho nitro benzene ring substituents is 1. The Labute approximate surface area is 184 Å². The molecule has 0 spiro atoms. The number of rotatable bonds is 4. The Bertz CT molecular complexity index is 1210. The number of nitro benzene ring substituents is 1. The van der Waals surface area contributed by atoms with E-state index in [1.54, 1.807) is 30.3 Å². The van der Waals surface area contributed by atoms with Crippen LogP contribution in [0.3, 0.4) is 0 Å². The van der Waals surface area contributed by atoms with Crippen molar-refractivity contribution in [1.29, 1.82) is 0 Å². The van der Waals surface area contributed by atoms with Gasteiger partial charge in [-0.3, -0.25) is 14.9 Å². The number of benzene rings is 3. The van der Waals surface area contributed by atoms with E-state index in [-0.39, 0.29) is 29.3 Å². The molecule has 3 atom stereocenters. The van der Waals surface area contributed by atoms with Gasteiger partial charge in [-0.1, -0.05) is 66.2 Å². The first-order valence-corrected chi connectivity index (χ1v) is 10.5. The Hall–Kier alpha value is -3.44. The van der Waals surface area contributed by atoms with Gasteiger partial charge in [0.1, 0.15) is 0 Å². The van der Waals surface area contributed by atoms with Gasteiger partial charge in [-0.05, 0) is 35.6 Å². The Balaban J connectivity index is 1.61. The monoisotopic (exact) mass is 430 g/mol.